The van der Waals surface area contributed by atoms with Gasteiger partial charge in [-0.15, -0.1) is 0 Å². The molecule has 3 N–H and O–H groups in total. The van der Waals surface area contributed by atoms with Crippen molar-refractivity contribution < 1.29 is 9.53 Å². The number of rotatable bonds is 5. The van der Waals surface area contributed by atoms with Crippen molar-refractivity contribution in [1.82, 2.24) is 20.5 Å². The lowest BCUT2D eigenvalue weighted by Gasteiger charge is -2.07. The standard InChI is InChI=1S/C20H18N4O2/c1-26-16-4-2-3-13(7-16)9-22-20(25)18-12-21-19-6-5-14(8-17(18)19)15-10-23-24-11-15/h2-8,10-12,21H,9H2,1H3,(H,22,25)(H,23,24). The summed E-state index contributed by atoms with van der Waals surface area (Å²) in [6.07, 6.45) is 5.33. The Bertz CT molecular complexity index is 1050. The van der Waals surface area contributed by atoms with E-state index in [0.717, 1.165) is 33.3 Å². The molecule has 0 aliphatic carbocycles. The summed E-state index contributed by atoms with van der Waals surface area (Å²) in [5.41, 5.74) is 4.51. The quantitative estimate of drug-likeness (QED) is 0.517. The van der Waals surface area contributed by atoms with Crippen molar-refractivity contribution in [1.29, 1.82) is 0 Å². The smallest absolute Gasteiger partial charge is 0.253 e. The molecule has 4 rings (SSSR count). The lowest BCUT2D eigenvalue weighted by Crippen LogP contribution is -2.22. The Morgan fingerprint density at radius 1 is 1.15 bits per heavy atom. The Labute approximate surface area is 150 Å². The van der Waals surface area contributed by atoms with Crippen LogP contribution in [0.15, 0.2) is 61.1 Å². The molecule has 1 amide bonds. The predicted octanol–water partition coefficient (Wildman–Crippen LogP) is 3.50. The summed E-state index contributed by atoms with van der Waals surface area (Å²) in [7, 11) is 1.63. The molecule has 0 fully saturated rings. The first-order chi connectivity index (χ1) is 12.7. The molecule has 0 bridgehead atoms. The van der Waals surface area contributed by atoms with Gasteiger partial charge in [0.05, 0.1) is 18.9 Å². The number of aromatic amines is 2. The predicted molar refractivity (Wildman–Crippen MR) is 100 cm³/mol. The third kappa shape index (κ3) is 3.04. The molecule has 0 saturated heterocycles. The Morgan fingerprint density at radius 2 is 2.08 bits per heavy atom. The molecule has 6 nitrogen and oxygen atoms in total. The summed E-state index contributed by atoms with van der Waals surface area (Å²) in [6, 6.07) is 13.6. The number of ether oxygens (including phenoxy) is 1. The van der Waals surface area contributed by atoms with Crippen LogP contribution in [0.3, 0.4) is 0 Å². The second-order valence-electron chi connectivity index (χ2n) is 5.98. The Hall–Kier alpha value is -3.54. The molecule has 4 aromatic rings. The fourth-order valence-corrected chi connectivity index (χ4v) is 2.96. The van der Waals surface area contributed by atoms with Gasteiger partial charge in [-0.2, -0.15) is 5.10 Å². The Morgan fingerprint density at radius 3 is 2.88 bits per heavy atom. The van der Waals surface area contributed by atoms with E-state index in [1.807, 2.05) is 48.7 Å². The Kier molecular flexibility index (Phi) is 4.15. The largest absolute Gasteiger partial charge is 0.497 e. The first-order valence-corrected chi connectivity index (χ1v) is 8.26. The van der Waals surface area contributed by atoms with Crippen LogP contribution < -0.4 is 10.1 Å². The summed E-state index contributed by atoms with van der Waals surface area (Å²) in [6.45, 7) is 0.435. The Balaban J connectivity index is 1.57. The van der Waals surface area contributed by atoms with E-state index >= 15 is 0 Å². The van der Waals surface area contributed by atoms with Crippen LogP contribution in [0, 0.1) is 0 Å². The average molecular weight is 346 g/mol. The summed E-state index contributed by atoms with van der Waals surface area (Å²) in [5.74, 6) is 0.650. The molecule has 0 aliphatic heterocycles. The van der Waals surface area contributed by atoms with Crippen molar-refractivity contribution in [2.45, 2.75) is 6.54 Å². The molecule has 2 aromatic heterocycles. The topological polar surface area (TPSA) is 82.8 Å². The van der Waals surface area contributed by atoms with Gasteiger partial charge in [-0.05, 0) is 35.4 Å². The van der Waals surface area contributed by atoms with Gasteiger partial charge in [0.1, 0.15) is 5.75 Å². The van der Waals surface area contributed by atoms with Gasteiger partial charge >= 0.3 is 0 Å². The number of carbonyl (C=O) groups is 1. The molecule has 0 atom stereocenters. The van der Waals surface area contributed by atoms with Crippen LogP contribution in [0.5, 0.6) is 5.75 Å². The SMILES string of the molecule is COc1cccc(CNC(=O)c2c[nH]c3ccc(-c4cn[nH]c4)cc23)c1. The molecule has 0 saturated carbocycles. The highest BCUT2D eigenvalue weighted by Gasteiger charge is 2.13. The first kappa shape index (κ1) is 16.0. The molecule has 0 aliphatic rings. The molecular formula is C20H18N4O2. The van der Waals surface area contributed by atoms with Gasteiger partial charge in [0.25, 0.3) is 5.91 Å². The highest BCUT2D eigenvalue weighted by Crippen LogP contribution is 2.26. The van der Waals surface area contributed by atoms with Crippen molar-refractivity contribution in [2.75, 3.05) is 7.11 Å². The lowest BCUT2D eigenvalue weighted by molar-refractivity contribution is 0.0952. The van der Waals surface area contributed by atoms with E-state index in [2.05, 4.69) is 20.5 Å². The van der Waals surface area contributed by atoms with E-state index in [1.54, 1.807) is 19.5 Å². The molecular weight excluding hydrogens is 328 g/mol. The highest BCUT2D eigenvalue weighted by atomic mass is 16.5. The number of hydrogen-bond donors (Lipinski definition) is 3. The fraction of sp³-hybridized carbons (Fsp3) is 0.100. The average Bonchev–Trinajstić information content (AvgIpc) is 3.35. The third-order valence-corrected chi connectivity index (χ3v) is 4.35. The lowest BCUT2D eigenvalue weighted by atomic mass is 10.1. The van der Waals surface area contributed by atoms with Crippen molar-refractivity contribution in [3.05, 3.63) is 72.2 Å². The first-order valence-electron chi connectivity index (χ1n) is 8.26. The number of hydrogen-bond acceptors (Lipinski definition) is 3. The number of carbonyl (C=O) groups excluding carboxylic acids is 1. The zero-order chi connectivity index (χ0) is 17.9. The van der Waals surface area contributed by atoms with Crippen LogP contribution in [0.25, 0.3) is 22.0 Å². The van der Waals surface area contributed by atoms with Crippen molar-refractivity contribution in [2.24, 2.45) is 0 Å². The second kappa shape index (κ2) is 6.76. The van der Waals surface area contributed by atoms with Gasteiger partial charge in [-0.25, -0.2) is 0 Å². The van der Waals surface area contributed by atoms with Crippen LogP contribution in [-0.4, -0.2) is 28.2 Å². The van der Waals surface area contributed by atoms with Crippen molar-refractivity contribution in [3.63, 3.8) is 0 Å². The van der Waals surface area contributed by atoms with E-state index in [9.17, 15) is 4.79 Å². The van der Waals surface area contributed by atoms with E-state index in [4.69, 9.17) is 4.74 Å². The number of nitrogens with one attached hydrogen (secondary N) is 3. The number of fused-ring (bicyclic) bond motifs is 1. The molecule has 2 heterocycles. The summed E-state index contributed by atoms with van der Waals surface area (Å²) in [5, 5.41) is 10.6. The number of nitrogens with zero attached hydrogens (tertiary/aromatic N) is 1. The zero-order valence-corrected chi connectivity index (χ0v) is 14.2. The van der Waals surface area contributed by atoms with Gasteiger partial charge in [0, 0.05) is 35.4 Å². The van der Waals surface area contributed by atoms with Gasteiger partial charge in [-0.1, -0.05) is 18.2 Å². The zero-order valence-electron chi connectivity index (χ0n) is 14.2. The molecule has 6 heteroatoms. The van der Waals surface area contributed by atoms with Crippen LogP contribution in [0.1, 0.15) is 15.9 Å². The van der Waals surface area contributed by atoms with Crippen molar-refractivity contribution >= 4 is 16.8 Å². The molecule has 26 heavy (non-hydrogen) atoms. The normalized spacial score (nSPS) is 10.8. The van der Waals surface area contributed by atoms with Crippen LogP contribution in [-0.2, 0) is 6.54 Å². The van der Waals surface area contributed by atoms with Crippen molar-refractivity contribution in [3.8, 4) is 16.9 Å². The minimum Gasteiger partial charge on any atom is -0.497 e. The van der Waals surface area contributed by atoms with E-state index in [0.29, 0.717) is 12.1 Å². The maximum absolute atomic E-state index is 12.7. The molecule has 0 radical (unpaired) electrons. The molecule has 130 valence electrons. The van der Waals surface area contributed by atoms with Gasteiger partial charge in [-0.3, -0.25) is 9.89 Å². The molecule has 2 aromatic carbocycles. The van der Waals surface area contributed by atoms with Crippen LogP contribution >= 0.6 is 0 Å². The van der Waals surface area contributed by atoms with Crippen LogP contribution in [0.2, 0.25) is 0 Å². The minimum atomic E-state index is -0.122. The number of benzene rings is 2. The van der Waals surface area contributed by atoms with Gasteiger partial charge in [0.15, 0.2) is 0 Å². The number of aromatic nitrogens is 3. The number of amides is 1. The van der Waals surface area contributed by atoms with Gasteiger partial charge in [0.2, 0.25) is 0 Å². The van der Waals surface area contributed by atoms with E-state index in [1.165, 1.54) is 0 Å². The molecule has 0 spiro atoms. The van der Waals surface area contributed by atoms with E-state index < -0.39 is 0 Å². The maximum atomic E-state index is 12.7. The number of methoxy groups -OCH3 is 1. The third-order valence-electron chi connectivity index (χ3n) is 4.35. The van der Waals surface area contributed by atoms with Gasteiger partial charge < -0.3 is 15.0 Å². The summed E-state index contributed by atoms with van der Waals surface area (Å²) in [4.78, 5) is 15.8. The highest BCUT2D eigenvalue weighted by molar-refractivity contribution is 6.07. The minimum absolute atomic E-state index is 0.122. The maximum Gasteiger partial charge on any atom is 0.253 e. The number of H-pyrrole nitrogens is 2. The monoisotopic (exact) mass is 346 g/mol. The summed E-state index contributed by atoms with van der Waals surface area (Å²) >= 11 is 0. The van der Waals surface area contributed by atoms with Crippen LogP contribution in [0.4, 0.5) is 0 Å². The fourth-order valence-electron chi connectivity index (χ4n) is 2.96. The molecule has 0 unspecified atom stereocenters. The second-order valence-corrected chi connectivity index (χ2v) is 5.98. The summed E-state index contributed by atoms with van der Waals surface area (Å²) < 4.78 is 5.21. The van der Waals surface area contributed by atoms with E-state index in [-0.39, 0.29) is 5.91 Å².